The quantitative estimate of drug-likeness (QED) is 0.502. The molecule has 0 unspecified atom stereocenters. The first kappa shape index (κ1) is 29.1. The fourth-order valence-electron chi connectivity index (χ4n) is 8.08. The van der Waals surface area contributed by atoms with Gasteiger partial charge in [-0.25, -0.2) is 0 Å². The molecule has 0 aromatic rings. The monoisotopic (exact) mass is 478 g/mol. The van der Waals surface area contributed by atoms with Crippen molar-refractivity contribution in [1.29, 1.82) is 0 Å². The second-order valence-electron chi connectivity index (χ2n) is 13.5. The molecule has 2 saturated heterocycles. The van der Waals surface area contributed by atoms with Crippen LogP contribution >= 0.6 is 0 Å². The zero-order valence-electron chi connectivity index (χ0n) is 24.0. The fourth-order valence-corrected chi connectivity index (χ4v) is 8.08. The van der Waals surface area contributed by atoms with Crippen molar-refractivity contribution in [3.8, 4) is 0 Å². The van der Waals surface area contributed by atoms with Crippen molar-refractivity contribution < 1.29 is 9.59 Å². The van der Waals surface area contributed by atoms with Crippen LogP contribution in [0.2, 0.25) is 0 Å². The summed E-state index contributed by atoms with van der Waals surface area (Å²) in [7, 11) is 0. The topological polar surface area (TPSA) is 69.9 Å². The third kappa shape index (κ3) is 6.34. The van der Waals surface area contributed by atoms with Crippen LogP contribution in [0.25, 0.3) is 0 Å². The summed E-state index contributed by atoms with van der Waals surface area (Å²) in [5.41, 5.74) is 4.95. The predicted molar refractivity (Wildman–Crippen MR) is 142 cm³/mol. The van der Waals surface area contributed by atoms with Crippen LogP contribution in [0.4, 0.5) is 0 Å². The van der Waals surface area contributed by atoms with Crippen LogP contribution in [-0.4, -0.2) is 73.8 Å². The number of piperidine rings is 2. The third-order valence-electron chi connectivity index (χ3n) is 8.30. The van der Waals surface area contributed by atoms with Gasteiger partial charge < -0.3 is 15.5 Å². The highest BCUT2D eigenvalue weighted by Gasteiger charge is 2.52. The van der Waals surface area contributed by atoms with E-state index in [1.54, 1.807) is 13.8 Å². The van der Waals surface area contributed by atoms with Gasteiger partial charge in [-0.05, 0) is 107 Å². The van der Waals surface area contributed by atoms with Crippen molar-refractivity contribution in [2.24, 2.45) is 5.73 Å². The molecule has 2 fully saturated rings. The van der Waals surface area contributed by atoms with E-state index in [1.165, 1.54) is 19.3 Å². The van der Waals surface area contributed by atoms with Crippen molar-refractivity contribution in [3.63, 3.8) is 0 Å². The van der Waals surface area contributed by atoms with E-state index in [4.69, 9.17) is 5.73 Å². The lowest BCUT2D eigenvalue weighted by atomic mass is 9.73. The molecule has 2 rings (SSSR count). The lowest BCUT2D eigenvalue weighted by Crippen LogP contribution is -2.69. The number of rotatable bonds is 8. The smallest absolute Gasteiger partial charge is 0.220 e. The molecule has 6 nitrogen and oxygen atoms in total. The number of amides is 2. The average Bonchev–Trinajstić information content (AvgIpc) is 2.59. The molecule has 2 aliphatic rings. The summed E-state index contributed by atoms with van der Waals surface area (Å²) in [5, 5.41) is 0. The zero-order chi connectivity index (χ0) is 26.1. The highest BCUT2D eigenvalue weighted by Crippen LogP contribution is 2.45. The van der Waals surface area contributed by atoms with Gasteiger partial charge >= 0.3 is 0 Å². The van der Waals surface area contributed by atoms with Crippen molar-refractivity contribution in [3.05, 3.63) is 0 Å². The van der Waals surface area contributed by atoms with Crippen molar-refractivity contribution in [1.82, 2.24) is 14.7 Å². The zero-order valence-corrected chi connectivity index (χ0v) is 24.0. The first-order chi connectivity index (χ1) is 15.5. The van der Waals surface area contributed by atoms with E-state index in [9.17, 15) is 9.59 Å². The summed E-state index contributed by atoms with van der Waals surface area (Å²) in [6, 6.07) is 0.825. The van der Waals surface area contributed by atoms with Gasteiger partial charge in [0.15, 0.2) is 0 Å². The molecular weight excluding hydrogens is 424 g/mol. The number of likely N-dealkylation sites (tertiary alicyclic amines) is 2. The first-order valence-corrected chi connectivity index (χ1v) is 13.5. The number of unbranched alkanes of at least 4 members (excludes halogenated alkanes) is 3. The maximum atomic E-state index is 12.6. The van der Waals surface area contributed by atoms with Gasteiger partial charge in [0.05, 0.1) is 0 Å². The van der Waals surface area contributed by atoms with E-state index in [0.29, 0.717) is 12.1 Å². The summed E-state index contributed by atoms with van der Waals surface area (Å²) in [6.07, 6.45) is 8.56. The third-order valence-corrected chi connectivity index (χ3v) is 8.30. The molecule has 0 spiro atoms. The minimum atomic E-state index is -0.193. The molecule has 2 aliphatic heterocycles. The molecule has 34 heavy (non-hydrogen) atoms. The van der Waals surface area contributed by atoms with Gasteiger partial charge in [0.2, 0.25) is 11.8 Å². The molecule has 0 aromatic heterocycles. The highest BCUT2D eigenvalue weighted by atomic mass is 16.2. The maximum absolute atomic E-state index is 12.6. The van der Waals surface area contributed by atoms with E-state index in [2.05, 4.69) is 70.1 Å². The second-order valence-corrected chi connectivity index (χ2v) is 13.5. The molecule has 2 heterocycles. The SMILES string of the molecule is CC(=O)N1C(C)(C)CC(N(CCCCCCN)C2CC(C)(C)N(C(C)=O)C(C)(C)C2)CC1(C)C. The lowest BCUT2D eigenvalue weighted by Gasteiger charge is -2.61. The summed E-state index contributed by atoms with van der Waals surface area (Å²) in [5.74, 6) is 0.331. The van der Waals surface area contributed by atoms with Crippen LogP contribution in [0.3, 0.4) is 0 Å². The minimum Gasteiger partial charge on any atom is -0.333 e. The molecule has 198 valence electrons. The van der Waals surface area contributed by atoms with Crippen LogP contribution in [0.1, 0.15) is 121 Å². The standard InChI is InChI=1S/C28H54N4O2/c1-21(33)31-25(3,4)17-23(18-26(31,5)6)30(16-14-12-11-13-15-29)24-19-27(7,8)32(22(2)34)28(9,10)20-24/h23-24H,11-20,29H2,1-10H3. The molecule has 0 aromatic carbocycles. The summed E-state index contributed by atoms with van der Waals surface area (Å²) >= 11 is 0. The molecule has 0 aliphatic carbocycles. The number of nitrogens with zero attached hydrogens (tertiary/aromatic N) is 3. The minimum absolute atomic E-state index is 0.166. The normalized spacial score (nSPS) is 24.5. The van der Waals surface area contributed by atoms with Crippen LogP contribution in [0.15, 0.2) is 0 Å². The van der Waals surface area contributed by atoms with Gasteiger partial charge in [0.1, 0.15) is 0 Å². The van der Waals surface area contributed by atoms with Gasteiger partial charge in [-0.3, -0.25) is 14.5 Å². The number of hydrogen-bond acceptors (Lipinski definition) is 4. The molecule has 6 heteroatoms. The molecular formula is C28H54N4O2. The number of hydrogen-bond donors (Lipinski definition) is 1. The van der Waals surface area contributed by atoms with Crippen molar-refractivity contribution >= 4 is 11.8 Å². The Kier molecular flexibility index (Phi) is 8.95. The predicted octanol–water partition coefficient (Wildman–Crippen LogP) is 4.94. The molecule has 0 atom stereocenters. The van der Waals surface area contributed by atoms with E-state index in [-0.39, 0.29) is 34.0 Å². The Morgan fingerprint density at radius 2 is 1.00 bits per heavy atom. The summed E-state index contributed by atoms with van der Waals surface area (Å²) in [4.78, 5) is 32.2. The molecule has 0 radical (unpaired) electrons. The summed E-state index contributed by atoms with van der Waals surface area (Å²) in [6.45, 7) is 23.1. The second kappa shape index (κ2) is 10.5. The summed E-state index contributed by atoms with van der Waals surface area (Å²) < 4.78 is 0. The largest absolute Gasteiger partial charge is 0.333 e. The van der Waals surface area contributed by atoms with Gasteiger partial charge in [-0.15, -0.1) is 0 Å². The Morgan fingerprint density at radius 3 is 1.29 bits per heavy atom. The van der Waals surface area contributed by atoms with E-state index < -0.39 is 0 Å². The van der Waals surface area contributed by atoms with Crippen molar-refractivity contribution in [2.75, 3.05) is 13.1 Å². The van der Waals surface area contributed by atoms with Gasteiger partial charge in [-0.2, -0.15) is 0 Å². The highest BCUT2D eigenvalue weighted by molar-refractivity contribution is 5.75. The molecule has 2 amide bonds. The Balaban J connectivity index is 2.37. The Morgan fingerprint density at radius 1 is 0.676 bits per heavy atom. The van der Waals surface area contributed by atoms with Gasteiger partial charge in [-0.1, -0.05) is 12.8 Å². The van der Waals surface area contributed by atoms with Gasteiger partial charge in [0, 0.05) is 48.1 Å². The Hall–Kier alpha value is -1.14. The molecule has 0 saturated carbocycles. The molecule has 2 N–H and O–H groups in total. The fraction of sp³-hybridized carbons (Fsp3) is 0.929. The molecule has 0 bridgehead atoms. The lowest BCUT2D eigenvalue weighted by molar-refractivity contribution is -0.156. The van der Waals surface area contributed by atoms with Crippen LogP contribution in [0, 0.1) is 0 Å². The van der Waals surface area contributed by atoms with Crippen LogP contribution in [0.5, 0.6) is 0 Å². The van der Waals surface area contributed by atoms with Crippen LogP contribution in [-0.2, 0) is 9.59 Å². The first-order valence-electron chi connectivity index (χ1n) is 13.5. The van der Waals surface area contributed by atoms with Crippen LogP contribution < -0.4 is 5.73 Å². The average molecular weight is 479 g/mol. The Bertz CT molecular complexity index is 638. The number of carbonyl (C=O) groups is 2. The van der Waals surface area contributed by atoms with E-state index in [1.807, 2.05) is 0 Å². The van der Waals surface area contributed by atoms with Gasteiger partial charge in [0.25, 0.3) is 0 Å². The Labute approximate surface area is 210 Å². The van der Waals surface area contributed by atoms with E-state index >= 15 is 0 Å². The maximum Gasteiger partial charge on any atom is 0.220 e. The number of nitrogens with two attached hydrogens (primary N) is 1. The number of carbonyl (C=O) groups excluding carboxylic acids is 2. The van der Waals surface area contributed by atoms with E-state index in [0.717, 1.165) is 45.2 Å². The van der Waals surface area contributed by atoms with Crippen molar-refractivity contribution in [2.45, 2.75) is 155 Å².